The van der Waals surface area contributed by atoms with Crippen LogP contribution in [0.4, 0.5) is 0 Å². The van der Waals surface area contributed by atoms with Gasteiger partial charge in [0.2, 0.25) is 0 Å². The van der Waals surface area contributed by atoms with Crippen LogP contribution in [-0.2, 0) is 0 Å². The largest absolute Gasteiger partial charge is 0.508 e. The highest BCUT2D eigenvalue weighted by molar-refractivity contribution is 5.25. The van der Waals surface area contributed by atoms with Gasteiger partial charge in [-0.2, -0.15) is 0 Å². The SMILES string of the molecule is CC(C)c1ccccc1.Cc1cccc(O)c1. The van der Waals surface area contributed by atoms with Gasteiger partial charge < -0.3 is 5.11 Å². The fourth-order valence-electron chi connectivity index (χ4n) is 1.47. The molecule has 0 aromatic heterocycles. The Kier molecular flexibility index (Phi) is 5.28. The topological polar surface area (TPSA) is 20.2 Å². The summed E-state index contributed by atoms with van der Waals surface area (Å²) in [5.74, 6) is 0.996. The number of phenols is 1. The lowest BCUT2D eigenvalue weighted by Crippen LogP contribution is -1.83. The molecule has 2 rings (SSSR count). The van der Waals surface area contributed by atoms with E-state index in [2.05, 4.69) is 38.1 Å². The fourth-order valence-corrected chi connectivity index (χ4v) is 1.47. The molecule has 0 unspecified atom stereocenters. The number of rotatable bonds is 1. The Bertz CT molecular complexity index is 415. The van der Waals surface area contributed by atoms with Crippen molar-refractivity contribution in [3.8, 4) is 5.75 Å². The Balaban J connectivity index is 0.000000171. The number of hydrogen-bond acceptors (Lipinski definition) is 1. The Labute approximate surface area is 104 Å². The van der Waals surface area contributed by atoms with Crippen LogP contribution in [0.2, 0.25) is 0 Å². The molecule has 0 atom stereocenters. The van der Waals surface area contributed by atoms with E-state index >= 15 is 0 Å². The van der Waals surface area contributed by atoms with Gasteiger partial charge in [0, 0.05) is 0 Å². The molecule has 90 valence electrons. The molecule has 2 aromatic carbocycles. The van der Waals surface area contributed by atoms with Crippen molar-refractivity contribution in [1.29, 1.82) is 0 Å². The third-order valence-electron chi connectivity index (χ3n) is 2.47. The molecule has 2 aromatic rings. The van der Waals surface area contributed by atoms with Crippen LogP contribution in [0.1, 0.15) is 30.9 Å². The quantitative estimate of drug-likeness (QED) is 0.761. The van der Waals surface area contributed by atoms with Crippen molar-refractivity contribution in [2.75, 3.05) is 0 Å². The summed E-state index contributed by atoms with van der Waals surface area (Å²) in [5, 5.41) is 8.81. The Morgan fingerprint density at radius 2 is 1.53 bits per heavy atom. The van der Waals surface area contributed by atoms with Crippen molar-refractivity contribution in [1.82, 2.24) is 0 Å². The molecule has 0 aliphatic carbocycles. The second-order valence-corrected chi connectivity index (χ2v) is 4.40. The Hall–Kier alpha value is -1.76. The van der Waals surface area contributed by atoms with Gasteiger partial charge in [0.25, 0.3) is 0 Å². The molecule has 0 fully saturated rings. The summed E-state index contributed by atoms with van der Waals surface area (Å²) in [6, 6.07) is 17.7. The van der Waals surface area contributed by atoms with Crippen LogP contribution in [0.5, 0.6) is 5.75 Å². The minimum atomic E-state index is 0.338. The standard InChI is InChI=1S/C9H12.C7H8O/c1-8(2)9-6-4-3-5-7-9;1-6-3-2-4-7(8)5-6/h3-8H,1-2H3;2-5,8H,1H3. The summed E-state index contributed by atoms with van der Waals surface area (Å²) in [5.41, 5.74) is 2.50. The molecule has 0 heterocycles. The van der Waals surface area contributed by atoms with E-state index in [1.54, 1.807) is 12.1 Å². The molecule has 0 saturated carbocycles. The molecule has 0 bridgehead atoms. The fraction of sp³-hybridized carbons (Fsp3) is 0.250. The Morgan fingerprint density at radius 3 is 1.88 bits per heavy atom. The number of aryl methyl sites for hydroxylation is 1. The van der Waals surface area contributed by atoms with Crippen LogP contribution in [0.25, 0.3) is 0 Å². The maximum Gasteiger partial charge on any atom is 0.115 e. The van der Waals surface area contributed by atoms with Crippen LogP contribution >= 0.6 is 0 Å². The summed E-state index contributed by atoms with van der Waals surface area (Å²) in [6.45, 7) is 6.35. The lowest BCUT2D eigenvalue weighted by atomic mass is 10.0. The second-order valence-electron chi connectivity index (χ2n) is 4.40. The van der Waals surface area contributed by atoms with Crippen LogP contribution in [0.15, 0.2) is 54.6 Å². The smallest absolute Gasteiger partial charge is 0.115 e. The van der Waals surface area contributed by atoms with Gasteiger partial charge in [-0.05, 0) is 36.1 Å². The van der Waals surface area contributed by atoms with Crippen LogP contribution in [0.3, 0.4) is 0 Å². The first-order valence-corrected chi connectivity index (χ1v) is 5.90. The van der Waals surface area contributed by atoms with Crippen LogP contribution in [-0.4, -0.2) is 5.11 Å². The van der Waals surface area contributed by atoms with Crippen LogP contribution < -0.4 is 0 Å². The minimum absolute atomic E-state index is 0.338. The van der Waals surface area contributed by atoms with E-state index in [1.165, 1.54) is 5.56 Å². The monoisotopic (exact) mass is 228 g/mol. The first kappa shape index (κ1) is 13.3. The predicted molar refractivity (Wildman–Crippen MR) is 73.4 cm³/mol. The highest BCUT2D eigenvalue weighted by Gasteiger charge is 1.93. The first-order chi connectivity index (χ1) is 8.09. The highest BCUT2D eigenvalue weighted by atomic mass is 16.3. The van der Waals surface area contributed by atoms with Crippen molar-refractivity contribution in [3.05, 3.63) is 65.7 Å². The maximum absolute atomic E-state index is 8.81. The molecule has 0 spiro atoms. The van der Waals surface area contributed by atoms with Crippen molar-refractivity contribution < 1.29 is 5.11 Å². The lowest BCUT2D eigenvalue weighted by molar-refractivity contribution is 0.475. The first-order valence-electron chi connectivity index (χ1n) is 5.90. The summed E-state index contributed by atoms with van der Waals surface area (Å²) < 4.78 is 0. The van der Waals surface area contributed by atoms with Gasteiger partial charge in [0.1, 0.15) is 5.75 Å². The van der Waals surface area contributed by atoms with Gasteiger partial charge in [-0.15, -0.1) is 0 Å². The number of hydrogen-bond donors (Lipinski definition) is 1. The van der Waals surface area contributed by atoms with Gasteiger partial charge in [-0.1, -0.05) is 56.3 Å². The molecule has 1 N–H and O–H groups in total. The number of aromatic hydroxyl groups is 1. The van der Waals surface area contributed by atoms with E-state index in [0.29, 0.717) is 11.7 Å². The van der Waals surface area contributed by atoms with Crippen LogP contribution in [0, 0.1) is 6.92 Å². The minimum Gasteiger partial charge on any atom is -0.508 e. The van der Waals surface area contributed by atoms with E-state index in [0.717, 1.165) is 5.56 Å². The molecule has 1 heteroatoms. The van der Waals surface area contributed by atoms with Crippen molar-refractivity contribution >= 4 is 0 Å². The molecule has 0 aliphatic heterocycles. The molecular weight excluding hydrogens is 208 g/mol. The summed E-state index contributed by atoms with van der Waals surface area (Å²) in [7, 11) is 0. The number of benzene rings is 2. The maximum atomic E-state index is 8.81. The van der Waals surface area contributed by atoms with E-state index in [-0.39, 0.29) is 0 Å². The molecular formula is C16H20O. The lowest BCUT2D eigenvalue weighted by Gasteiger charge is -2.01. The number of phenolic OH excluding ortho intramolecular Hbond substituents is 1. The van der Waals surface area contributed by atoms with E-state index in [9.17, 15) is 0 Å². The Morgan fingerprint density at radius 1 is 0.882 bits per heavy atom. The average molecular weight is 228 g/mol. The second kappa shape index (κ2) is 6.74. The highest BCUT2D eigenvalue weighted by Crippen LogP contribution is 2.11. The van der Waals surface area contributed by atoms with E-state index in [4.69, 9.17) is 5.11 Å². The van der Waals surface area contributed by atoms with Crippen molar-refractivity contribution in [2.45, 2.75) is 26.7 Å². The average Bonchev–Trinajstić information content (AvgIpc) is 2.30. The summed E-state index contributed by atoms with van der Waals surface area (Å²) >= 11 is 0. The molecule has 0 saturated heterocycles. The molecule has 0 radical (unpaired) electrons. The van der Waals surface area contributed by atoms with Gasteiger partial charge in [-0.25, -0.2) is 0 Å². The van der Waals surface area contributed by atoms with Crippen molar-refractivity contribution in [3.63, 3.8) is 0 Å². The van der Waals surface area contributed by atoms with Gasteiger partial charge in [-0.3, -0.25) is 0 Å². The predicted octanol–water partition coefficient (Wildman–Crippen LogP) is 4.51. The van der Waals surface area contributed by atoms with Gasteiger partial charge >= 0.3 is 0 Å². The normalized spacial score (nSPS) is 9.65. The molecule has 0 aliphatic rings. The van der Waals surface area contributed by atoms with E-state index < -0.39 is 0 Å². The molecule has 1 nitrogen and oxygen atoms in total. The van der Waals surface area contributed by atoms with E-state index in [1.807, 2.05) is 25.1 Å². The zero-order valence-electron chi connectivity index (χ0n) is 10.7. The third-order valence-corrected chi connectivity index (χ3v) is 2.47. The van der Waals surface area contributed by atoms with Gasteiger partial charge in [0.15, 0.2) is 0 Å². The summed E-state index contributed by atoms with van der Waals surface area (Å²) in [6.07, 6.45) is 0. The van der Waals surface area contributed by atoms with Crippen molar-refractivity contribution in [2.24, 2.45) is 0 Å². The molecule has 0 amide bonds. The zero-order valence-corrected chi connectivity index (χ0v) is 10.7. The molecule has 17 heavy (non-hydrogen) atoms. The third kappa shape index (κ3) is 5.21. The zero-order chi connectivity index (χ0) is 12.7. The summed E-state index contributed by atoms with van der Waals surface area (Å²) in [4.78, 5) is 0. The van der Waals surface area contributed by atoms with Gasteiger partial charge in [0.05, 0.1) is 0 Å².